The van der Waals surface area contributed by atoms with Crippen molar-refractivity contribution in [2.75, 3.05) is 11.9 Å². The van der Waals surface area contributed by atoms with Crippen LogP contribution in [0.5, 0.6) is 0 Å². The molecule has 0 radical (unpaired) electrons. The SMILES string of the molecule is Cc1ccccc1-n1nccc1NC(=O)N[C@H](C)CCO. The fourth-order valence-corrected chi connectivity index (χ4v) is 2.03. The molecule has 21 heavy (non-hydrogen) atoms. The van der Waals surface area contributed by atoms with E-state index in [0.29, 0.717) is 12.2 Å². The van der Waals surface area contributed by atoms with Crippen LogP contribution in [0.4, 0.5) is 10.6 Å². The zero-order valence-corrected chi connectivity index (χ0v) is 12.2. The average molecular weight is 288 g/mol. The third kappa shape index (κ3) is 3.82. The van der Waals surface area contributed by atoms with Crippen LogP contribution < -0.4 is 10.6 Å². The molecular formula is C15H20N4O2. The van der Waals surface area contributed by atoms with E-state index in [-0.39, 0.29) is 18.7 Å². The van der Waals surface area contributed by atoms with Crippen molar-refractivity contribution >= 4 is 11.8 Å². The Kier molecular flexibility index (Phi) is 4.94. The van der Waals surface area contributed by atoms with Gasteiger partial charge in [0.05, 0.1) is 11.9 Å². The van der Waals surface area contributed by atoms with E-state index >= 15 is 0 Å². The van der Waals surface area contributed by atoms with E-state index < -0.39 is 0 Å². The van der Waals surface area contributed by atoms with Crippen LogP contribution in [0.2, 0.25) is 0 Å². The van der Waals surface area contributed by atoms with Crippen molar-refractivity contribution in [3.8, 4) is 5.69 Å². The molecule has 1 atom stereocenters. The van der Waals surface area contributed by atoms with Gasteiger partial charge in [-0.05, 0) is 31.9 Å². The summed E-state index contributed by atoms with van der Waals surface area (Å²) in [5.74, 6) is 0.595. The summed E-state index contributed by atoms with van der Waals surface area (Å²) in [5, 5.41) is 18.6. The van der Waals surface area contributed by atoms with Gasteiger partial charge in [0.1, 0.15) is 5.82 Å². The van der Waals surface area contributed by atoms with E-state index in [1.807, 2.05) is 38.1 Å². The summed E-state index contributed by atoms with van der Waals surface area (Å²) in [6.07, 6.45) is 2.16. The molecule has 1 heterocycles. The Hall–Kier alpha value is -2.34. The first-order valence-corrected chi connectivity index (χ1v) is 6.90. The van der Waals surface area contributed by atoms with Crippen LogP contribution in [-0.2, 0) is 0 Å². The molecule has 0 bridgehead atoms. The van der Waals surface area contributed by atoms with Gasteiger partial charge in [0.15, 0.2) is 0 Å². The lowest BCUT2D eigenvalue weighted by Crippen LogP contribution is -2.37. The summed E-state index contributed by atoms with van der Waals surface area (Å²) < 4.78 is 1.69. The fraction of sp³-hybridized carbons (Fsp3) is 0.333. The van der Waals surface area contributed by atoms with Gasteiger partial charge in [0.25, 0.3) is 0 Å². The van der Waals surface area contributed by atoms with E-state index in [2.05, 4.69) is 15.7 Å². The topological polar surface area (TPSA) is 79.2 Å². The van der Waals surface area contributed by atoms with Crippen LogP contribution in [0.15, 0.2) is 36.5 Å². The quantitative estimate of drug-likeness (QED) is 0.788. The number of nitrogens with zero attached hydrogens (tertiary/aromatic N) is 2. The first-order valence-electron chi connectivity index (χ1n) is 6.90. The number of anilines is 1. The number of carbonyl (C=O) groups excluding carboxylic acids is 1. The zero-order chi connectivity index (χ0) is 15.2. The van der Waals surface area contributed by atoms with Crippen LogP contribution in [0.1, 0.15) is 18.9 Å². The Bertz CT molecular complexity index is 609. The summed E-state index contributed by atoms with van der Waals surface area (Å²) in [6.45, 7) is 3.88. The normalized spacial score (nSPS) is 12.0. The molecule has 2 amide bonds. The summed E-state index contributed by atoms with van der Waals surface area (Å²) in [6, 6.07) is 9.15. The third-order valence-electron chi connectivity index (χ3n) is 3.17. The minimum Gasteiger partial charge on any atom is -0.396 e. The molecule has 0 saturated heterocycles. The standard InChI is InChI=1S/C15H20N4O2/c1-11-5-3-4-6-13(11)19-14(7-9-16-19)18-15(21)17-12(2)8-10-20/h3-7,9,12,20H,8,10H2,1-2H3,(H2,17,18,21)/t12-/m1/s1. The van der Waals surface area contributed by atoms with E-state index in [4.69, 9.17) is 5.11 Å². The van der Waals surface area contributed by atoms with Crippen molar-refractivity contribution in [3.63, 3.8) is 0 Å². The molecule has 1 aromatic carbocycles. The number of urea groups is 1. The van der Waals surface area contributed by atoms with Crippen LogP contribution in [-0.4, -0.2) is 33.6 Å². The first-order chi connectivity index (χ1) is 10.1. The predicted octanol–water partition coefficient (Wildman–Crippen LogP) is 2.07. The molecule has 6 nitrogen and oxygen atoms in total. The largest absolute Gasteiger partial charge is 0.396 e. The molecule has 0 unspecified atom stereocenters. The molecular weight excluding hydrogens is 268 g/mol. The van der Waals surface area contributed by atoms with E-state index in [9.17, 15) is 4.79 Å². The van der Waals surface area contributed by atoms with E-state index in [1.165, 1.54) is 0 Å². The molecule has 1 aromatic heterocycles. The minimum absolute atomic E-state index is 0.0442. The van der Waals surface area contributed by atoms with Gasteiger partial charge in [-0.25, -0.2) is 9.48 Å². The molecule has 0 aliphatic heterocycles. The Morgan fingerprint density at radius 2 is 2.14 bits per heavy atom. The molecule has 6 heteroatoms. The lowest BCUT2D eigenvalue weighted by atomic mass is 10.2. The maximum atomic E-state index is 11.9. The van der Waals surface area contributed by atoms with Crippen LogP contribution >= 0.6 is 0 Å². The third-order valence-corrected chi connectivity index (χ3v) is 3.17. The Balaban J connectivity index is 2.11. The Morgan fingerprint density at radius 1 is 1.38 bits per heavy atom. The predicted molar refractivity (Wildman–Crippen MR) is 81.6 cm³/mol. The highest BCUT2D eigenvalue weighted by Gasteiger charge is 2.11. The molecule has 0 saturated carbocycles. The molecule has 3 N–H and O–H groups in total. The molecule has 0 aliphatic rings. The maximum Gasteiger partial charge on any atom is 0.320 e. The zero-order valence-electron chi connectivity index (χ0n) is 12.2. The Labute approximate surface area is 123 Å². The van der Waals surface area contributed by atoms with Crippen LogP contribution in [0, 0.1) is 6.92 Å². The second kappa shape index (κ2) is 6.90. The number of aliphatic hydroxyl groups is 1. The fourth-order valence-electron chi connectivity index (χ4n) is 2.03. The number of amides is 2. The van der Waals surface area contributed by atoms with Crippen molar-refractivity contribution in [1.29, 1.82) is 0 Å². The van der Waals surface area contributed by atoms with Gasteiger partial charge in [-0.2, -0.15) is 5.10 Å². The highest BCUT2D eigenvalue weighted by Crippen LogP contribution is 2.18. The highest BCUT2D eigenvalue weighted by molar-refractivity contribution is 5.88. The molecule has 0 fully saturated rings. The summed E-state index contributed by atoms with van der Waals surface area (Å²) >= 11 is 0. The van der Waals surface area contributed by atoms with E-state index in [1.54, 1.807) is 16.9 Å². The number of rotatable bonds is 5. The van der Waals surface area contributed by atoms with Gasteiger partial charge < -0.3 is 10.4 Å². The second-order valence-electron chi connectivity index (χ2n) is 4.93. The van der Waals surface area contributed by atoms with Gasteiger partial charge in [0, 0.05) is 18.7 Å². The number of para-hydroxylation sites is 1. The number of nitrogens with one attached hydrogen (secondary N) is 2. The van der Waals surface area contributed by atoms with Crippen molar-refractivity contribution in [2.45, 2.75) is 26.3 Å². The summed E-state index contributed by atoms with van der Waals surface area (Å²) in [7, 11) is 0. The summed E-state index contributed by atoms with van der Waals surface area (Å²) in [4.78, 5) is 11.9. The number of benzene rings is 1. The van der Waals surface area contributed by atoms with Gasteiger partial charge in [-0.1, -0.05) is 18.2 Å². The van der Waals surface area contributed by atoms with Gasteiger partial charge in [-0.3, -0.25) is 5.32 Å². The first kappa shape index (κ1) is 15.1. The minimum atomic E-state index is -0.314. The van der Waals surface area contributed by atoms with Gasteiger partial charge >= 0.3 is 6.03 Å². The van der Waals surface area contributed by atoms with Crippen molar-refractivity contribution in [3.05, 3.63) is 42.1 Å². The van der Waals surface area contributed by atoms with E-state index in [0.717, 1.165) is 11.3 Å². The highest BCUT2D eigenvalue weighted by atomic mass is 16.3. The molecule has 0 aliphatic carbocycles. The van der Waals surface area contributed by atoms with Gasteiger partial charge in [0.2, 0.25) is 0 Å². The number of aliphatic hydroxyl groups excluding tert-OH is 1. The maximum absolute atomic E-state index is 11.9. The molecule has 0 spiro atoms. The van der Waals surface area contributed by atoms with Gasteiger partial charge in [-0.15, -0.1) is 0 Å². The molecule has 2 rings (SSSR count). The second-order valence-corrected chi connectivity index (χ2v) is 4.93. The average Bonchev–Trinajstić information content (AvgIpc) is 2.87. The molecule has 2 aromatic rings. The monoisotopic (exact) mass is 288 g/mol. The lowest BCUT2D eigenvalue weighted by molar-refractivity contribution is 0.241. The Morgan fingerprint density at radius 3 is 2.86 bits per heavy atom. The number of hydrogen-bond acceptors (Lipinski definition) is 3. The van der Waals surface area contributed by atoms with Crippen LogP contribution in [0.3, 0.4) is 0 Å². The number of carbonyl (C=O) groups is 1. The smallest absolute Gasteiger partial charge is 0.320 e. The van der Waals surface area contributed by atoms with Crippen molar-refractivity contribution in [2.24, 2.45) is 0 Å². The number of aromatic nitrogens is 2. The number of hydrogen-bond donors (Lipinski definition) is 3. The lowest BCUT2D eigenvalue weighted by Gasteiger charge is -2.15. The van der Waals surface area contributed by atoms with Crippen molar-refractivity contribution < 1.29 is 9.90 Å². The van der Waals surface area contributed by atoms with Crippen molar-refractivity contribution in [1.82, 2.24) is 15.1 Å². The number of aryl methyl sites for hydroxylation is 1. The van der Waals surface area contributed by atoms with Crippen LogP contribution in [0.25, 0.3) is 5.69 Å². The molecule has 112 valence electrons. The summed E-state index contributed by atoms with van der Waals surface area (Å²) in [5.41, 5.74) is 1.99.